The first-order valence-electron chi connectivity index (χ1n) is 10.5. The molecule has 2 heterocycles. The predicted molar refractivity (Wildman–Crippen MR) is 120 cm³/mol. The van der Waals surface area contributed by atoms with E-state index < -0.39 is 0 Å². The predicted octanol–water partition coefficient (Wildman–Crippen LogP) is 2.59. The van der Waals surface area contributed by atoms with Crippen molar-refractivity contribution in [3.63, 3.8) is 0 Å². The first kappa shape index (κ1) is 21.0. The lowest BCUT2D eigenvalue weighted by molar-refractivity contribution is 0.0389. The quantitative estimate of drug-likeness (QED) is 0.433. The second-order valence-corrected chi connectivity index (χ2v) is 7.88. The Bertz CT molecular complexity index is 635. The number of hydrogen-bond donors (Lipinski definition) is 2. The van der Waals surface area contributed by atoms with Crippen molar-refractivity contribution < 1.29 is 4.74 Å². The normalized spacial score (nSPS) is 19.2. The molecule has 0 spiro atoms. The van der Waals surface area contributed by atoms with Gasteiger partial charge in [-0.15, -0.1) is 0 Å². The molecule has 7 heteroatoms. The molecule has 0 bridgehead atoms. The first-order valence-corrected chi connectivity index (χ1v) is 10.9. The van der Waals surface area contributed by atoms with Crippen LogP contribution in [0.1, 0.15) is 38.2 Å². The van der Waals surface area contributed by atoms with E-state index >= 15 is 0 Å². The maximum absolute atomic E-state index is 5.36. The molecule has 3 rings (SSSR count). The molecule has 0 aliphatic carbocycles. The van der Waals surface area contributed by atoms with E-state index in [1.165, 1.54) is 44.5 Å². The van der Waals surface area contributed by atoms with Gasteiger partial charge >= 0.3 is 0 Å². The van der Waals surface area contributed by atoms with Crippen LogP contribution in [0.2, 0.25) is 0 Å². The highest BCUT2D eigenvalue weighted by atomic mass is 32.1. The minimum Gasteiger partial charge on any atom is -0.379 e. The van der Waals surface area contributed by atoms with Crippen molar-refractivity contribution >= 4 is 28.7 Å². The highest BCUT2D eigenvalue weighted by Gasteiger charge is 2.11. The van der Waals surface area contributed by atoms with Gasteiger partial charge in [-0.25, -0.2) is 0 Å². The Morgan fingerprint density at radius 1 is 1.04 bits per heavy atom. The van der Waals surface area contributed by atoms with Crippen LogP contribution in [0.3, 0.4) is 0 Å². The molecule has 0 unspecified atom stereocenters. The Labute approximate surface area is 174 Å². The molecule has 0 aromatic heterocycles. The summed E-state index contributed by atoms with van der Waals surface area (Å²) in [6, 6.07) is 8.71. The summed E-state index contributed by atoms with van der Waals surface area (Å²) >= 11 is 5.33. The monoisotopic (exact) mass is 403 g/mol. The van der Waals surface area contributed by atoms with Crippen LogP contribution < -0.4 is 15.6 Å². The smallest absolute Gasteiger partial charge is 0.187 e. The summed E-state index contributed by atoms with van der Waals surface area (Å²) in [6.07, 6.45) is 5.29. The van der Waals surface area contributed by atoms with Crippen molar-refractivity contribution in [2.75, 3.05) is 57.4 Å². The third kappa shape index (κ3) is 6.72. The number of thiocarbonyl (C=S) groups is 1. The molecule has 2 saturated heterocycles. The molecule has 154 valence electrons. The van der Waals surface area contributed by atoms with E-state index in [-0.39, 0.29) is 0 Å². The Kier molecular flexibility index (Phi) is 8.51. The molecule has 1 aromatic carbocycles. The van der Waals surface area contributed by atoms with Crippen molar-refractivity contribution in [2.45, 2.75) is 32.6 Å². The molecule has 2 fully saturated rings. The van der Waals surface area contributed by atoms with E-state index in [0.29, 0.717) is 5.11 Å². The van der Waals surface area contributed by atoms with Crippen molar-refractivity contribution in [3.8, 4) is 0 Å². The van der Waals surface area contributed by atoms with Crippen molar-refractivity contribution in [1.82, 2.24) is 15.6 Å². The number of hydrazone groups is 1. The minimum absolute atomic E-state index is 0.564. The standard InChI is InChI=1S/C21H33N5OS/c1-18(23-24-21(28)22-10-13-25-14-16-27-17-15-25)19-6-8-20(9-7-19)26-11-4-2-3-5-12-26/h6-9H,2-5,10-17H2,1H3,(H2,22,24,28)/b23-18-. The maximum Gasteiger partial charge on any atom is 0.187 e. The van der Waals surface area contributed by atoms with Crippen LogP contribution in [0.15, 0.2) is 29.4 Å². The van der Waals surface area contributed by atoms with Crippen LogP contribution in [0, 0.1) is 0 Å². The molecule has 0 radical (unpaired) electrons. The number of morpholine rings is 1. The molecular weight excluding hydrogens is 370 g/mol. The van der Waals surface area contributed by atoms with Gasteiger partial charge in [0.05, 0.1) is 18.9 Å². The van der Waals surface area contributed by atoms with Gasteiger partial charge in [0.1, 0.15) is 0 Å². The Balaban J connectivity index is 1.42. The highest BCUT2D eigenvalue weighted by molar-refractivity contribution is 7.80. The second kappa shape index (κ2) is 11.3. The summed E-state index contributed by atoms with van der Waals surface area (Å²) in [5.74, 6) is 0. The van der Waals surface area contributed by atoms with E-state index in [2.05, 4.69) is 49.9 Å². The minimum atomic E-state index is 0.564. The summed E-state index contributed by atoms with van der Waals surface area (Å²) < 4.78 is 5.36. The maximum atomic E-state index is 5.36. The number of ether oxygens (including phenoxy) is 1. The van der Waals surface area contributed by atoms with Crippen LogP contribution in [-0.2, 0) is 4.74 Å². The molecule has 6 nitrogen and oxygen atoms in total. The summed E-state index contributed by atoms with van der Waals surface area (Å²) in [5.41, 5.74) is 6.31. The number of nitrogens with one attached hydrogen (secondary N) is 2. The molecule has 28 heavy (non-hydrogen) atoms. The van der Waals surface area contributed by atoms with Crippen LogP contribution in [0.5, 0.6) is 0 Å². The first-order chi connectivity index (χ1) is 13.7. The van der Waals surface area contributed by atoms with E-state index in [1.54, 1.807) is 0 Å². The zero-order valence-electron chi connectivity index (χ0n) is 17.0. The zero-order valence-corrected chi connectivity index (χ0v) is 17.8. The van der Waals surface area contributed by atoms with Gasteiger partial charge in [-0.1, -0.05) is 25.0 Å². The van der Waals surface area contributed by atoms with Gasteiger partial charge in [0.2, 0.25) is 0 Å². The number of hydrogen-bond acceptors (Lipinski definition) is 5. The Morgan fingerprint density at radius 2 is 1.71 bits per heavy atom. The fraction of sp³-hybridized carbons (Fsp3) is 0.619. The van der Waals surface area contributed by atoms with E-state index in [0.717, 1.165) is 50.7 Å². The third-order valence-corrected chi connectivity index (χ3v) is 5.63. The number of anilines is 1. The number of nitrogens with zero attached hydrogens (tertiary/aromatic N) is 3. The average Bonchev–Trinajstić information content (AvgIpc) is 3.02. The van der Waals surface area contributed by atoms with Gasteiger partial charge < -0.3 is 15.0 Å². The van der Waals surface area contributed by atoms with Gasteiger partial charge in [-0.05, 0) is 49.7 Å². The molecule has 0 saturated carbocycles. The molecule has 1 aromatic rings. The van der Waals surface area contributed by atoms with E-state index in [9.17, 15) is 0 Å². The third-order valence-electron chi connectivity index (χ3n) is 5.40. The summed E-state index contributed by atoms with van der Waals surface area (Å²) in [7, 11) is 0. The summed E-state index contributed by atoms with van der Waals surface area (Å²) in [4.78, 5) is 4.87. The van der Waals surface area contributed by atoms with Crippen LogP contribution >= 0.6 is 12.2 Å². The van der Waals surface area contributed by atoms with Gasteiger partial charge in [-0.3, -0.25) is 10.3 Å². The lowest BCUT2D eigenvalue weighted by Gasteiger charge is -2.26. The fourth-order valence-electron chi connectivity index (χ4n) is 3.63. The molecular formula is C21H33N5OS. The molecule has 0 amide bonds. The van der Waals surface area contributed by atoms with Crippen LogP contribution in [0.25, 0.3) is 0 Å². The number of benzene rings is 1. The second-order valence-electron chi connectivity index (χ2n) is 7.47. The van der Waals surface area contributed by atoms with Gasteiger partial charge in [0.25, 0.3) is 0 Å². The fourth-order valence-corrected chi connectivity index (χ4v) is 3.78. The van der Waals surface area contributed by atoms with Gasteiger partial charge in [-0.2, -0.15) is 5.10 Å². The van der Waals surface area contributed by atoms with Crippen molar-refractivity contribution in [1.29, 1.82) is 0 Å². The van der Waals surface area contributed by atoms with Crippen molar-refractivity contribution in [3.05, 3.63) is 29.8 Å². The highest BCUT2D eigenvalue weighted by Crippen LogP contribution is 2.20. The average molecular weight is 404 g/mol. The van der Waals surface area contributed by atoms with Gasteiger partial charge in [0.15, 0.2) is 5.11 Å². The summed E-state index contributed by atoms with van der Waals surface area (Å²) in [5, 5.41) is 8.22. The molecule has 0 atom stereocenters. The lowest BCUT2D eigenvalue weighted by Crippen LogP contribution is -2.42. The topological polar surface area (TPSA) is 52.1 Å². The zero-order chi connectivity index (χ0) is 19.6. The van der Waals surface area contributed by atoms with E-state index in [4.69, 9.17) is 17.0 Å². The van der Waals surface area contributed by atoms with Gasteiger partial charge in [0, 0.05) is 45.0 Å². The SMILES string of the molecule is C/C(=N/NC(=S)NCCN1CCOCC1)c1ccc(N2CCCCCC2)cc1. The van der Waals surface area contributed by atoms with Crippen molar-refractivity contribution in [2.24, 2.45) is 5.10 Å². The number of rotatable bonds is 6. The molecule has 2 aliphatic rings. The Hall–Kier alpha value is -1.70. The van der Waals surface area contributed by atoms with Crippen LogP contribution in [0.4, 0.5) is 5.69 Å². The summed E-state index contributed by atoms with van der Waals surface area (Å²) in [6.45, 7) is 9.74. The van der Waals surface area contributed by atoms with E-state index in [1.807, 2.05) is 6.92 Å². The lowest BCUT2D eigenvalue weighted by atomic mass is 10.1. The molecule has 2 aliphatic heterocycles. The van der Waals surface area contributed by atoms with Crippen LogP contribution in [-0.4, -0.2) is 68.2 Å². The Morgan fingerprint density at radius 3 is 2.39 bits per heavy atom. The largest absolute Gasteiger partial charge is 0.379 e. The molecule has 2 N–H and O–H groups in total.